The minimum atomic E-state index is 0.440. The fourth-order valence-corrected chi connectivity index (χ4v) is 1.96. The van der Waals surface area contributed by atoms with Crippen LogP contribution in [0, 0.1) is 0 Å². The molecule has 0 saturated carbocycles. The van der Waals surface area contributed by atoms with Gasteiger partial charge in [-0.2, -0.15) is 0 Å². The Hall–Kier alpha value is -0.980. The smallest absolute Gasteiger partial charge is 0.119 e. The van der Waals surface area contributed by atoms with Gasteiger partial charge in [-0.05, 0) is 36.3 Å². The van der Waals surface area contributed by atoms with Gasteiger partial charge in [-0.25, -0.2) is 0 Å². The molecule has 1 nitrogen and oxygen atoms in total. The Kier molecular flexibility index (Phi) is 4.19. The fourth-order valence-electron chi connectivity index (χ4n) is 1.96. The van der Waals surface area contributed by atoms with Crippen LogP contribution in [0.15, 0.2) is 18.2 Å². The van der Waals surface area contributed by atoms with Crippen LogP contribution >= 0.6 is 0 Å². The molecule has 0 saturated heterocycles. The zero-order chi connectivity index (χ0) is 11.4. The van der Waals surface area contributed by atoms with Crippen LogP contribution in [0.2, 0.25) is 0 Å². The summed E-state index contributed by atoms with van der Waals surface area (Å²) in [6.45, 7) is 8.76. The van der Waals surface area contributed by atoms with E-state index < -0.39 is 0 Å². The number of benzene rings is 1. The zero-order valence-electron chi connectivity index (χ0n) is 10.2. The molecule has 0 aliphatic rings. The molecule has 1 aromatic carbocycles. The third-order valence-electron chi connectivity index (χ3n) is 3.37. The van der Waals surface area contributed by atoms with Gasteiger partial charge in [0, 0.05) is 5.56 Å². The second kappa shape index (κ2) is 5.20. The first-order valence-electron chi connectivity index (χ1n) is 5.93. The Balaban J connectivity index is 3.19. The molecule has 2 atom stereocenters. The quantitative estimate of drug-likeness (QED) is 0.773. The van der Waals surface area contributed by atoms with Gasteiger partial charge in [-0.1, -0.05) is 39.8 Å². The van der Waals surface area contributed by atoms with Crippen LogP contribution in [0.25, 0.3) is 0 Å². The minimum absolute atomic E-state index is 0.440. The number of aromatic hydroxyl groups is 1. The Morgan fingerprint density at radius 2 is 1.67 bits per heavy atom. The molecule has 15 heavy (non-hydrogen) atoms. The summed E-state index contributed by atoms with van der Waals surface area (Å²) in [5.41, 5.74) is 2.46. The highest BCUT2D eigenvalue weighted by atomic mass is 16.3. The van der Waals surface area contributed by atoms with Crippen LogP contribution in [-0.2, 0) is 0 Å². The Bertz CT molecular complexity index is 317. The van der Waals surface area contributed by atoms with Crippen molar-refractivity contribution in [1.82, 2.24) is 0 Å². The number of phenolic OH excluding ortho intramolecular Hbond substituents is 1. The first kappa shape index (κ1) is 12.1. The molecule has 0 radical (unpaired) electrons. The van der Waals surface area contributed by atoms with Gasteiger partial charge in [0.1, 0.15) is 5.75 Å². The summed E-state index contributed by atoms with van der Waals surface area (Å²) in [6, 6.07) is 5.89. The SMILES string of the molecule is CC[C@@H](C)c1cccc(O)c1[C@@H](C)CC. The maximum atomic E-state index is 9.94. The summed E-state index contributed by atoms with van der Waals surface area (Å²) in [6.07, 6.45) is 2.19. The van der Waals surface area contributed by atoms with Crippen LogP contribution in [0.5, 0.6) is 5.75 Å². The molecule has 0 spiro atoms. The summed E-state index contributed by atoms with van der Waals surface area (Å²) < 4.78 is 0. The van der Waals surface area contributed by atoms with Crippen molar-refractivity contribution in [3.8, 4) is 5.75 Å². The summed E-state index contributed by atoms with van der Waals surface area (Å²) >= 11 is 0. The highest BCUT2D eigenvalue weighted by Gasteiger charge is 2.16. The van der Waals surface area contributed by atoms with Gasteiger partial charge < -0.3 is 5.11 Å². The van der Waals surface area contributed by atoms with E-state index in [-0.39, 0.29) is 0 Å². The molecular formula is C14H22O. The maximum absolute atomic E-state index is 9.94. The lowest BCUT2D eigenvalue weighted by atomic mass is 9.86. The second-order valence-corrected chi connectivity index (χ2v) is 4.40. The predicted octanol–water partition coefficient (Wildman–Crippen LogP) is 4.42. The molecule has 0 aliphatic carbocycles. The van der Waals surface area contributed by atoms with E-state index in [9.17, 15) is 5.11 Å². The average Bonchev–Trinajstić information content (AvgIpc) is 2.26. The molecule has 0 aromatic heterocycles. The van der Waals surface area contributed by atoms with Crippen molar-refractivity contribution in [1.29, 1.82) is 0 Å². The van der Waals surface area contributed by atoms with Crippen molar-refractivity contribution in [2.24, 2.45) is 0 Å². The summed E-state index contributed by atoms with van der Waals surface area (Å²) in [5, 5.41) is 9.94. The molecule has 1 heteroatoms. The van der Waals surface area contributed by atoms with E-state index in [1.54, 1.807) is 6.07 Å². The van der Waals surface area contributed by atoms with E-state index >= 15 is 0 Å². The third-order valence-corrected chi connectivity index (χ3v) is 3.37. The first-order valence-corrected chi connectivity index (χ1v) is 5.93. The number of rotatable bonds is 4. The van der Waals surface area contributed by atoms with E-state index in [0.717, 1.165) is 18.4 Å². The van der Waals surface area contributed by atoms with Gasteiger partial charge in [-0.15, -0.1) is 0 Å². The monoisotopic (exact) mass is 206 g/mol. The van der Waals surface area contributed by atoms with Gasteiger partial charge >= 0.3 is 0 Å². The highest BCUT2D eigenvalue weighted by molar-refractivity contribution is 5.43. The van der Waals surface area contributed by atoms with Gasteiger partial charge in [0.25, 0.3) is 0 Å². The summed E-state index contributed by atoms with van der Waals surface area (Å²) in [4.78, 5) is 0. The molecule has 0 aliphatic heterocycles. The standard InChI is InChI=1S/C14H22O/c1-5-10(3)12-8-7-9-13(15)14(12)11(4)6-2/h7-11,15H,5-6H2,1-4H3/t10-,11+/m1/s1. The summed E-state index contributed by atoms with van der Waals surface area (Å²) in [7, 11) is 0. The van der Waals surface area contributed by atoms with Gasteiger partial charge in [0.15, 0.2) is 0 Å². The van der Waals surface area contributed by atoms with Crippen molar-refractivity contribution >= 4 is 0 Å². The molecule has 0 unspecified atom stereocenters. The van der Waals surface area contributed by atoms with Crippen LogP contribution in [0.1, 0.15) is 63.5 Å². The van der Waals surface area contributed by atoms with E-state index in [1.807, 2.05) is 6.07 Å². The Morgan fingerprint density at radius 3 is 2.20 bits per heavy atom. The molecule has 1 aromatic rings. The number of hydrogen-bond donors (Lipinski definition) is 1. The average molecular weight is 206 g/mol. The minimum Gasteiger partial charge on any atom is -0.508 e. The van der Waals surface area contributed by atoms with Crippen molar-refractivity contribution in [3.63, 3.8) is 0 Å². The molecule has 0 amide bonds. The Morgan fingerprint density at radius 1 is 1.07 bits per heavy atom. The van der Waals surface area contributed by atoms with E-state index in [1.165, 1.54) is 5.56 Å². The molecule has 1 rings (SSSR count). The van der Waals surface area contributed by atoms with Crippen molar-refractivity contribution in [3.05, 3.63) is 29.3 Å². The molecule has 0 fully saturated rings. The van der Waals surface area contributed by atoms with Gasteiger partial charge in [0.05, 0.1) is 0 Å². The van der Waals surface area contributed by atoms with Crippen LogP contribution in [0.3, 0.4) is 0 Å². The third kappa shape index (κ3) is 2.53. The van der Waals surface area contributed by atoms with Gasteiger partial charge in [-0.3, -0.25) is 0 Å². The Labute approximate surface area is 93.1 Å². The first-order chi connectivity index (χ1) is 7.11. The van der Waals surface area contributed by atoms with Crippen molar-refractivity contribution < 1.29 is 5.11 Å². The zero-order valence-corrected chi connectivity index (χ0v) is 10.2. The van der Waals surface area contributed by atoms with Crippen LogP contribution in [-0.4, -0.2) is 5.11 Å². The van der Waals surface area contributed by atoms with E-state index in [2.05, 4.69) is 33.8 Å². The van der Waals surface area contributed by atoms with Crippen LogP contribution < -0.4 is 0 Å². The van der Waals surface area contributed by atoms with E-state index in [4.69, 9.17) is 0 Å². The maximum Gasteiger partial charge on any atom is 0.119 e. The highest BCUT2D eigenvalue weighted by Crippen LogP contribution is 2.35. The lowest BCUT2D eigenvalue weighted by Crippen LogP contribution is -2.02. The molecule has 0 bridgehead atoms. The van der Waals surface area contributed by atoms with Crippen molar-refractivity contribution in [2.75, 3.05) is 0 Å². The fraction of sp³-hybridized carbons (Fsp3) is 0.571. The number of phenols is 1. The lowest BCUT2D eigenvalue weighted by molar-refractivity contribution is 0.458. The normalized spacial score (nSPS) is 14.9. The topological polar surface area (TPSA) is 20.2 Å². The summed E-state index contributed by atoms with van der Waals surface area (Å²) in [5.74, 6) is 1.43. The molecule has 84 valence electrons. The molecular weight excluding hydrogens is 184 g/mol. The second-order valence-electron chi connectivity index (χ2n) is 4.40. The molecule has 1 N–H and O–H groups in total. The van der Waals surface area contributed by atoms with Gasteiger partial charge in [0.2, 0.25) is 0 Å². The van der Waals surface area contributed by atoms with Crippen LogP contribution in [0.4, 0.5) is 0 Å². The van der Waals surface area contributed by atoms with Crippen molar-refractivity contribution in [2.45, 2.75) is 52.4 Å². The predicted molar refractivity (Wildman–Crippen MR) is 65.5 cm³/mol. The lowest BCUT2D eigenvalue weighted by Gasteiger charge is -2.20. The van der Waals surface area contributed by atoms with E-state index in [0.29, 0.717) is 17.6 Å². The largest absolute Gasteiger partial charge is 0.508 e. The number of hydrogen-bond acceptors (Lipinski definition) is 1. The molecule has 0 heterocycles.